The minimum atomic E-state index is -1.91. The van der Waals surface area contributed by atoms with Gasteiger partial charge in [0.25, 0.3) is 0 Å². The highest BCUT2D eigenvalue weighted by Gasteiger charge is 2.55. The lowest BCUT2D eigenvalue weighted by Gasteiger charge is -2.50. The number of hydrogen-bond acceptors (Lipinski definition) is 14. The molecule has 3 rings (SSSR count). The van der Waals surface area contributed by atoms with Gasteiger partial charge < -0.3 is 69.6 Å². The first-order valence-electron chi connectivity index (χ1n) is 11.6. The fraction of sp³-hybridized carbons (Fsp3) is 1.00. The lowest BCUT2D eigenvalue weighted by molar-refractivity contribution is -0.389. The third-order valence-corrected chi connectivity index (χ3v) is 7.17. The molecule has 0 radical (unpaired) electrons. The molecule has 35 heavy (non-hydrogen) atoms. The molecular formula is C21H38O14. The summed E-state index contributed by atoms with van der Waals surface area (Å²) in [5.41, 5.74) is -1.30. The SMILES string of the molecule is CC1(OC2C(CO)OC(OCC3(C)C(CO)OCC(O)C3O)C(O)C2O)OC(CO)CC(O)C1O. The van der Waals surface area contributed by atoms with Gasteiger partial charge in [-0.05, 0) is 6.92 Å². The number of rotatable bonds is 8. The molecule has 9 N–H and O–H groups in total. The van der Waals surface area contributed by atoms with Gasteiger partial charge in [0.2, 0.25) is 0 Å². The summed E-state index contributed by atoms with van der Waals surface area (Å²) < 4.78 is 27.9. The molecule has 0 aromatic carbocycles. The molecule has 3 aliphatic heterocycles. The summed E-state index contributed by atoms with van der Waals surface area (Å²) in [5.74, 6) is -1.91. The maximum Gasteiger partial charge on any atom is 0.195 e. The van der Waals surface area contributed by atoms with Gasteiger partial charge in [0.1, 0.15) is 36.6 Å². The van der Waals surface area contributed by atoms with Crippen molar-refractivity contribution < 1.29 is 69.6 Å². The van der Waals surface area contributed by atoms with Crippen molar-refractivity contribution in [3.63, 3.8) is 0 Å². The summed E-state index contributed by atoms with van der Waals surface area (Å²) in [6.07, 6.45) is -14.9. The number of ether oxygens (including phenoxy) is 5. The lowest BCUT2D eigenvalue weighted by atomic mass is 9.75. The smallest absolute Gasteiger partial charge is 0.195 e. The van der Waals surface area contributed by atoms with Crippen molar-refractivity contribution in [3.8, 4) is 0 Å². The van der Waals surface area contributed by atoms with Crippen molar-refractivity contribution >= 4 is 0 Å². The van der Waals surface area contributed by atoms with Crippen LogP contribution in [0.25, 0.3) is 0 Å². The quantitative estimate of drug-likeness (QED) is 0.148. The molecule has 3 aliphatic rings. The predicted octanol–water partition coefficient (Wildman–Crippen LogP) is -4.83. The molecule has 0 saturated carbocycles. The van der Waals surface area contributed by atoms with Gasteiger partial charge in [0.05, 0.1) is 57.5 Å². The summed E-state index contributed by atoms with van der Waals surface area (Å²) in [4.78, 5) is 0. The van der Waals surface area contributed by atoms with Crippen LogP contribution in [0.1, 0.15) is 20.3 Å². The molecule has 13 unspecified atom stereocenters. The molecule has 3 saturated heterocycles. The van der Waals surface area contributed by atoms with Crippen molar-refractivity contribution in [2.24, 2.45) is 5.41 Å². The molecule has 0 aromatic rings. The van der Waals surface area contributed by atoms with Crippen LogP contribution in [0.15, 0.2) is 0 Å². The van der Waals surface area contributed by atoms with E-state index in [1.165, 1.54) is 13.8 Å². The normalized spacial score (nSPS) is 51.3. The van der Waals surface area contributed by atoms with Crippen LogP contribution in [-0.4, -0.2) is 152 Å². The fourth-order valence-electron chi connectivity index (χ4n) is 4.84. The summed E-state index contributed by atoms with van der Waals surface area (Å²) in [6, 6.07) is 0. The van der Waals surface area contributed by atoms with Crippen LogP contribution in [0.3, 0.4) is 0 Å². The van der Waals surface area contributed by atoms with Gasteiger partial charge in [-0.2, -0.15) is 0 Å². The van der Waals surface area contributed by atoms with E-state index in [2.05, 4.69) is 0 Å². The van der Waals surface area contributed by atoms with Crippen molar-refractivity contribution in [2.75, 3.05) is 33.0 Å². The molecule has 0 spiro atoms. The van der Waals surface area contributed by atoms with Gasteiger partial charge >= 0.3 is 0 Å². The van der Waals surface area contributed by atoms with Crippen molar-refractivity contribution in [1.29, 1.82) is 0 Å². The van der Waals surface area contributed by atoms with E-state index in [9.17, 15) is 46.0 Å². The van der Waals surface area contributed by atoms with E-state index in [1.54, 1.807) is 0 Å². The Balaban J connectivity index is 1.72. The second-order valence-electron chi connectivity index (χ2n) is 9.81. The molecule has 206 valence electrons. The third kappa shape index (κ3) is 5.66. The van der Waals surface area contributed by atoms with E-state index in [1.807, 2.05) is 0 Å². The maximum absolute atomic E-state index is 10.8. The van der Waals surface area contributed by atoms with Crippen molar-refractivity contribution in [2.45, 2.75) is 93.4 Å². The van der Waals surface area contributed by atoms with E-state index < -0.39 is 98.4 Å². The Labute approximate surface area is 202 Å². The first-order valence-corrected chi connectivity index (χ1v) is 11.6. The van der Waals surface area contributed by atoms with Gasteiger partial charge in [-0.25, -0.2) is 0 Å². The lowest BCUT2D eigenvalue weighted by Crippen LogP contribution is -2.66. The van der Waals surface area contributed by atoms with Crippen LogP contribution >= 0.6 is 0 Å². The maximum atomic E-state index is 10.8. The Morgan fingerprint density at radius 3 is 2.14 bits per heavy atom. The Hall–Kier alpha value is -0.560. The predicted molar refractivity (Wildman–Crippen MR) is 113 cm³/mol. The van der Waals surface area contributed by atoms with E-state index in [4.69, 9.17) is 23.7 Å². The summed E-state index contributed by atoms with van der Waals surface area (Å²) in [5, 5.41) is 91.3. The summed E-state index contributed by atoms with van der Waals surface area (Å²) in [7, 11) is 0. The van der Waals surface area contributed by atoms with Crippen LogP contribution in [-0.2, 0) is 23.7 Å². The first-order chi connectivity index (χ1) is 16.4. The number of aliphatic hydroxyl groups excluding tert-OH is 9. The Morgan fingerprint density at radius 1 is 0.857 bits per heavy atom. The average molecular weight is 515 g/mol. The molecule has 0 amide bonds. The summed E-state index contributed by atoms with van der Waals surface area (Å²) in [6.45, 7) is 0.598. The number of hydrogen-bond donors (Lipinski definition) is 9. The van der Waals surface area contributed by atoms with E-state index >= 15 is 0 Å². The van der Waals surface area contributed by atoms with Crippen LogP contribution in [0.2, 0.25) is 0 Å². The molecule has 0 aliphatic carbocycles. The zero-order chi connectivity index (χ0) is 26.1. The largest absolute Gasteiger partial charge is 0.394 e. The zero-order valence-electron chi connectivity index (χ0n) is 19.7. The van der Waals surface area contributed by atoms with Gasteiger partial charge in [-0.1, -0.05) is 6.92 Å². The van der Waals surface area contributed by atoms with Gasteiger partial charge in [0.15, 0.2) is 12.1 Å². The third-order valence-electron chi connectivity index (χ3n) is 7.17. The second kappa shape index (κ2) is 11.4. The molecule has 14 nitrogen and oxygen atoms in total. The highest BCUT2D eigenvalue weighted by atomic mass is 16.8. The Kier molecular flexibility index (Phi) is 9.49. The van der Waals surface area contributed by atoms with Crippen LogP contribution in [0, 0.1) is 5.41 Å². The molecule has 13 atom stereocenters. The van der Waals surface area contributed by atoms with Crippen LogP contribution in [0.4, 0.5) is 0 Å². The first kappa shape index (κ1) is 29.0. The van der Waals surface area contributed by atoms with E-state index in [-0.39, 0.29) is 19.6 Å². The highest BCUT2D eigenvalue weighted by Crippen LogP contribution is 2.38. The Morgan fingerprint density at radius 2 is 1.54 bits per heavy atom. The zero-order valence-corrected chi connectivity index (χ0v) is 19.7. The summed E-state index contributed by atoms with van der Waals surface area (Å²) >= 11 is 0. The molecule has 0 aromatic heterocycles. The monoisotopic (exact) mass is 514 g/mol. The molecular weight excluding hydrogens is 476 g/mol. The van der Waals surface area contributed by atoms with E-state index in [0.717, 1.165) is 0 Å². The number of aliphatic hydroxyl groups is 9. The minimum Gasteiger partial charge on any atom is -0.394 e. The minimum absolute atomic E-state index is 0.0554. The van der Waals surface area contributed by atoms with Crippen molar-refractivity contribution in [1.82, 2.24) is 0 Å². The van der Waals surface area contributed by atoms with Crippen LogP contribution < -0.4 is 0 Å². The van der Waals surface area contributed by atoms with Crippen molar-refractivity contribution in [3.05, 3.63) is 0 Å². The van der Waals surface area contributed by atoms with E-state index in [0.29, 0.717) is 0 Å². The standard InChI is InChI=1S/C21H38O14/c1-20(13(6-24)31-7-11(26)17(20)29)8-32-19-15(28)14(27)16(12(5-23)33-19)35-21(2)18(30)10(25)3-9(4-22)34-21/h9-19,22-30H,3-8H2,1-2H3. The topological polar surface area (TPSA) is 228 Å². The van der Waals surface area contributed by atoms with Gasteiger partial charge in [-0.3, -0.25) is 0 Å². The molecule has 0 bridgehead atoms. The highest BCUT2D eigenvalue weighted by molar-refractivity contribution is 4.98. The fourth-order valence-corrected chi connectivity index (χ4v) is 4.84. The molecule has 3 heterocycles. The second-order valence-corrected chi connectivity index (χ2v) is 9.81. The molecule has 3 fully saturated rings. The molecule has 14 heteroatoms. The van der Waals surface area contributed by atoms with Crippen LogP contribution in [0.5, 0.6) is 0 Å². The van der Waals surface area contributed by atoms with Gasteiger partial charge in [-0.15, -0.1) is 0 Å². The Bertz CT molecular complexity index is 678. The average Bonchev–Trinajstić information content (AvgIpc) is 2.83. The van der Waals surface area contributed by atoms with Gasteiger partial charge in [0, 0.05) is 11.8 Å².